The normalized spacial score (nSPS) is 14.8. The van der Waals surface area contributed by atoms with Gasteiger partial charge < -0.3 is 24.1 Å². The first-order valence-electron chi connectivity index (χ1n) is 10.0. The molecule has 1 N–H and O–H groups in total. The van der Waals surface area contributed by atoms with Crippen LogP contribution in [-0.4, -0.2) is 64.1 Å². The minimum atomic E-state index is -0.365. The molecule has 0 aromatic rings. The third-order valence-electron chi connectivity index (χ3n) is 3.80. The van der Waals surface area contributed by atoms with E-state index in [4.69, 9.17) is 18.9 Å². The van der Waals surface area contributed by atoms with E-state index in [-0.39, 0.29) is 17.4 Å². The summed E-state index contributed by atoms with van der Waals surface area (Å²) in [6.07, 6.45) is 6.60. The first-order valence-corrected chi connectivity index (χ1v) is 10.0. The number of aliphatic hydroxyl groups is 1. The lowest BCUT2D eigenvalue weighted by Crippen LogP contribution is -2.19. The van der Waals surface area contributed by atoms with Gasteiger partial charge in [0.05, 0.1) is 45.7 Å². The van der Waals surface area contributed by atoms with Crippen LogP contribution in [0.4, 0.5) is 0 Å². The van der Waals surface area contributed by atoms with Crippen LogP contribution in [0.3, 0.4) is 0 Å². The van der Waals surface area contributed by atoms with Crippen molar-refractivity contribution in [3.63, 3.8) is 0 Å². The second-order valence-corrected chi connectivity index (χ2v) is 7.86. The molecule has 26 heavy (non-hydrogen) atoms. The Hall–Kier alpha value is -0.460. The van der Waals surface area contributed by atoms with Crippen molar-refractivity contribution in [2.75, 3.05) is 52.9 Å². The van der Waals surface area contributed by atoms with Crippen LogP contribution in [0.25, 0.3) is 0 Å². The van der Waals surface area contributed by atoms with Crippen LogP contribution in [0, 0.1) is 11.3 Å². The molecular formula is C21H42O5. The van der Waals surface area contributed by atoms with Gasteiger partial charge >= 0.3 is 0 Å². The maximum Gasteiger partial charge on any atom is 0.0701 e. The summed E-state index contributed by atoms with van der Waals surface area (Å²) in [5.74, 6) is 0.149. The molecular weight excluding hydrogens is 332 g/mol. The van der Waals surface area contributed by atoms with Crippen LogP contribution < -0.4 is 0 Å². The molecule has 5 heteroatoms. The Morgan fingerprint density at radius 2 is 1.27 bits per heavy atom. The molecule has 0 heterocycles. The number of hydrogen-bond donors (Lipinski definition) is 1. The Kier molecular flexibility index (Phi) is 16.4. The van der Waals surface area contributed by atoms with Crippen molar-refractivity contribution in [2.45, 2.75) is 60.0 Å². The molecule has 0 radical (unpaired) electrons. The van der Waals surface area contributed by atoms with Crippen LogP contribution in [0.2, 0.25) is 0 Å². The molecule has 0 aliphatic heterocycles. The smallest absolute Gasteiger partial charge is 0.0701 e. The zero-order valence-corrected chi connectivity index (χ0v) is 17.7. The number of allylic oxidation sites excluding steroid dienone is 1. The van der Waals surface area contributed by atoms with E-state index in [0.29, 0.717) is 52.7 Å². The molecule has 0 aliphatic rings. The largest absolute Gasteiger partial charge is 0.392 e. The van der Waals surface area contributed by atoms with Crippen molar-refractivity contribution in [2.24, 2.45) is 11.3 Å². The van der Waals surface area contributed by atoms with Crippen molar-refractivity contribution in [3.8, 4) is 0 Å². The average Bonchev–Trinajstić information content (AvgIpc) is 2.57. The number of rotatable bonds is 17. The van der Waals surface area contributed by atoms with Crippen molar-refractivity contribution in [1.29, 1.82) is 0 Å². The molecule has 0 aromatic heterocycles. The molecule has 0 aromatic carbocycles. The van der Waals surface area contributed by atoms with Crippen LogP contribution in [0.1, 0.15) is 53.9 Å². The Morgan fingerprint density at radius 1 is 0.808 bits per heavy atom. The summed E-state index contributed by atoms with van der Waals surface area (Å²) in [5.41, 5.74) is 0.290. The van der Waals surface area contributed by atoms with Crippen LogP contribution in [-0.2, 0) is 18.9 Å². The third-order valence-corrected chi connectivity index (χ3v) is 3.80. The summed E-state index contributed by atoms with van der Waals surface area (Å²) in [5, 5.41) is 10.1. The number of hydrogen-bond acceptors (Lipinski definition) is 5. The van der Waals surface area contributed by atoms with Gasteiger partial charge in [-0.15, -0.1) is 0 Å². The quantitative estimate of drug-likeness (QED) is 0.310. The highest BCUT2D eigenvalue weighted by Gasteiger charge is 2.12. The lowest BCUT2D eigenvalue weighted by Gasteiger charge is -2.18. The lowest BCUT2D eigenvalue weighted by atomic mass is 9.91. The standard InChI is InChI=1S/C21H42O5/c1-6-11-23-13-15-25-17-18-26-16-14-24-12-9-20(22)19(2)8-7-10-21(3,4)5/h7-8,19-20,22H,6,9-18H2,1-5H3. The monoisotopic (exact) mass is 374 g/mol. The van der Waals surface area contributed by atoms with Gasteiger partial charge in [0.1, 0.15) is 0 Å². The maximum absolute atomic E-state index is 10.1. The van der Waals surface area contributed by atoms with Gasteiger partial charge in [0.2, 0.25) is 0 Å². The summed E-state index contributed by atoms with van der Waals surface area (Å²) in [4.78, 5) is 0. The number of ether oxygens (including phenoxy) is 4. The van der Waals surface area contributed by atoms with Crippen molar-refractivity contribution in [1.82, 2.24) is 0 Å². The number of aliphatic hydroxyl groups excluding tert-OH is 1. The van der Waals surface area contributed by atoms with Crippen LogP contribution >= 0.6 is 0 Å². The van der Waals surface area contributed by atoms with Gasteiger partial charge in [0.15, 0.2) is 0 Å². The summed E-state index contributed by atoms with van der Waals surface area (Å²) in [6, 6.07) is 0. The van der Waals surface area contributed by atoms with E-state index in [2.05, 4.69) is 39.8 Å². The molecule has 0 aliphatic carbocycles. The SMILES string of the molecule is CCCOCCOCCOCCOCCC(O)C(C)C=CCC(C)(C)C. The highest BCUT2D eigenvalue weighted by Crippen LogP contribution is 2.20. The highest BCUT2D eigenvalue weighted by atomic mass is 16.6. The summed E-state index contributed by atoms with van der Waals surface area (Å²) in [7, 11) is 0. The average molecular weight is 375 g/mol. The van der Waals surface area contributed by atoms with E-state index < -0.39 is 0 Å². The zero-order valence-electron chi connectivity index (χ0n) is 17.7. The molecule has 0 spiro atoms. The zero-order chi connectivity index (χ0) is 19.7. The molecule has 5 nitrogen and oxygen atoms in total. The molecule has 0 saturated heterocycles. The van der Waals surface area contributed by atoms with E-state index in [1.807, 2.05) is 6.92 Å². The van der Waals surface area contributed by atoms with Crippen molar-refractivity contribution < 1.29 is 24.1 Å². The molecule has 2 unspecified atom stereocenters. The molecule has 156 valence electrons. The molecule has 0 saturated carbocycles. The van der Waals surface area contributed by atoms with Gasteiger partial charge in [-0.1, -0.05) is 46.8 Å². The van der Waals surface area contributed by atoms with Gasteiger partial charge in [-0.25, -0.2) is 0 Å². The van der Waals surface area contributed by atoms with E-state index in [0.717, 1.165) is 19.4 Å². The Labute approximate surface area is 161 Å². The Bertz CT molecular complexity index is 325. The first kappa shape index (κ1) is 25.5. The van der Waals surface area contributed by atoms with E-state index in [1.165, 1.54) is 0 Å². The second-order valence-electron chi connectivity index (χ2n) is 7.86. The molecule has 0 bridgehead atoms. The summed E-state index contributed by atoms with van der Waals surface area (Å²) in [6.45, 7) is 15.6. The highest BCUT2D eigenvalue weighted by molar-refractivity contribution is 4.92. The minimum absolute atomic E-state index is 0.149. The molecule has 0 rings (SSSR count). The van der Waals surface area contributed by atoms with E-state index >= 15 is 0 Å². The van der Waals surface area contributed by atoms with Gasteiger partial charge in [-0.05, 0) is 24.7 Å². The topological polar surface area (TPSA) is 57.2 Å². The fraction of sp³-hybridized carbons (Fsp3) is 0.905. The predicted molar refractivity (Wildman–Crippen MR) is 107 cm³/mol. The fourth-order valence-electron chi connectivity index (χ4n) is 2.14. The third kappa shape index (κ3) is 18.3. The predicted octanol–water partition coefficient (Wildman–Crippen LogP) is 3.84. The summed E-state index contributed by atoms with van der Waals surface area (Å²) >= 11 is 0. The van der Waals surface area contributed by atoms with Crippen LogP contribution in [0.5, 0.6) is 0 Å². The van der Waals surface area contributed by atoms with Gasteiger partial charge in [0.25, 0.3) is 0 Å². The first-order chi connectivity index (χ1) is 12.4. The molecule has 0 fully saturated rings. The lowest BCUT2D eigenvalue weighted by molar-refractivity contribution is -0.00647. The second kappa shape index (κ2) is 16.7. The van der Waals surface area contributed by atoms with Crippen molar-refractivity contribution in [3.05, 3.63) is 12.2 Å². The molecule has 0 amide bonds. The van der Waals surface area contributed by atoms with Crippen LogP contribution in [0.15, 0.2) is 12.2 Å². The van der Waals surface area contributed by atoms with Gasteiger partial charge in [-0.3, -0.25) is 0 Å². The van der Waals surface area contributed by atoms with E-state index in [1.54, 1.807) is 0 Å². The Balaban J connectivity index is 3.41. The molecule has 2 atom stereocenters. The van der Waals surface area contributed by atoms with Gasteiger partial charge in [0, 0.05) is 19.1 Å². The summed E-state index contributed by atoms with van der Waals surface area (Å²) < 4.78 is 21.7. The fourth-order valence-corrected chi connectivity index (χ4v) is 2.14. The Morgan fingerprint density at radius 3 is 1.73 bits per heavy atom. The van der Waals surface area contributed by atoms with Crippen molar-refractivity contribution >= 4 is 0 Å². The minimum Gasteiger partial charge on any atom is -0.392 e. The van der Waals surface area contributed by atoms with Gasteiger partial charge in [-0.2, -0.15) is 0 Å². The maximum atomic E-state index is 10.1. The van der Waals surface area contributed by atoms with E-state index in [9.17, 15) is 5.11 Å².